The van der Waals surface area contributed by atoms with Crippen molar-refractivity contribution in [3.05, 3.63) is 69.2 Å². The minimum absolute atomic E-state index is 0.129. The van der Waals surface area contributed by atoms with Crippen molar-refractivity contribution >= 4 is 41.0 Å². The molecule has 2 unspecified atom stereocenters. The van der Waals surface area contributed by atoms with Crippen molar-refractivity contribution in [1.29, 1.82) is 0 Å². The molecule has 1 aliphatic heterocycles. The lowest BCUT2D eigenvalue weighted by Crippen LogP contribution is -2.44. The number of benzene rings is 2. The molecule has 162 valence electrons. The number of amides is 4. The summed E-state index contributed by atoms with van der Waals surface area (Å²) in [6.45, 7) is 3.25. The number of hydrogen-bond acceptors (Lipinski definition) is 3. The van der Waals surface area contributed by atoms with E-state index in [1.807, 2.05) is 31.2 Å². The van der Waals surface area contributed by atoms with Crippen LogP contribution in [0.3, 0.4) is 0 Å². The summed E-state index contributed by atoms with van der Waals surface area (Å²) in [6, 6.07) is 12.0. The third-order valence-electron chi connectivity index (χ3n) is 5.92. The maximum atomic E-state index is 13.1. The lowest BCUT2D eigenvalue weighted by molar-refractivity contribution is -0.135. The fraction of sp³-hybridized carbons (Fsp3) is 0.348. The first-order chi connectivity index (χ1) is 14.7. The van der Waals surface area contributed by atoms with Gasteiger partial charge in [-0.1, -0.05) is 59.1 Å². The number of hydrogen-bond donors (Lipinski definition) is 2. The van der Waals surface area contributed by atoms with Gasteiger partial charge < -0.3 is 10.6 Å². The Morgan fingerprint density at radius 2 is 1.84 bits per heavy atom. The van der Waals surface area contributed by atoms with Gasteiger partial charge in [-0.15, -0.1) is 0 Å². The van der Waals surface area contributed by atoms with Gasteiger partial charge >= 0.3 is 6.03 Å². The predicted octanol–water partition coefficient (Wildman–Crippen LogP) is 4.34. The zero-order valence-electron chi connectivity index (χ0n) is 17.2. The van der Waals surface area contributed by atoms with Crippen LogP contribution in [0, 0.1) is 12.8 Å². The number of halogens is 2. The molecule has 2 N–H and O–H groups in total. The molecule has 2 aromatic carbocycles. The van der Waals surface area contributed by atoms with Crippen molar-refractivity contribution in [2.45, 2.75) is 38.3 Å². The Bertz CT molecular complexity index is 1050. The van der Waals surface area contributed by atoms with Gasteiger partial charge in [0.05, 0.1) is 16.1 Å². The SMILES string of the molecule is Cc1ccc(C(NC(=O)CN2C(=O)NC(C)(c3ccc(Cl)c(Cl)c3)C2=O)C2CC2)cc1. The van der Waals surface area contributed by atoms with Gasteiger partial charge in [-0.25, -0.2) is 4.79 Å². The first-order valence-electron chi connectivity index (χ1n) is 10.1. The number of imide groups is 1. The summed E-state index contributed by atoms with van der Waals surface area (Å²) in [4.78, 5) is 39.4. The molecular weight excluding hydrogens is 437 g/mol. The van der Waals surface area contributed by atoms with Gasteiger partial charge in [0.25, 0.3) is 5.91 Å². The molecule has 4 rings (SSSR count). The molecule has 1 heterocycles. The Kier molecular flexibility index (Phi) is 5.71. The topological polar surface area (TPSA) is 78.5 Å². The van der Waals surface area contributed by atoms with Crippen LogP contribution in [-0.2, 0) is 15.1 Å². The third-order valence-corrected chi connectivity index (χ3v) is 6.66. The molecule has 4 amide bonds. The van der Waals surface area contributed by atoms with Crippen molar-refractivity contribution in [2.24, 2.45) is 5.92 Å². The van der Waals surface area contributed by atoms with Crippen molar-refractivity contribution in [3.8, 4) is 0 Å². The van der Waals surface area contributed by atoms with Crippen molar-refractivity contribution in [1.82, 2.24) is 15.5 Å². The fourth-order valence-electron chi connectivity index (χ4n) is 3.88. The Morgan fingerprint density at radius 1 is 1.16 bits per heavy atom. The van der Waals surface area contributed by atoms with Crippen LogP contribution < -0.4 is 10.6 Å². The molecule has 1 saturated carbocycles. The van der Waals surface area contributed by atoms with Crippen LogP contribution in [0.2, 0.25) is 10.0 Å². The first kappa shape index (κ1) is 21.7. The van der Waals surface area contributed by atoms with Crippen molar-refractivity contribution in [3.63, 3.8) is 0 Å². The summed E-state index contributed by atoms with van der Waals surface area (Å²) in [7, 11) is 0. The molecule has 0 aromatic heterocycles. The second-order valence-corrected chi connectivity index (χ2v) is 9.18. The molecule has 2 fully saturated rings. The Balaban J connectivity index is 1.48. The number of nitrogens with one attached hydrogen (secondary N) is 2. The highest BCUT2D eigenvalue weighted by atomic mass is 35.5. The Hall–Kier alpha value is -2.57. The second kappa shape index (κ2) is 8.17. The fourth-order valence-corrected chi connectivity index (χ4v) is 4.18. The lowest BCUT2D eigenvalue weighted by atomic mass is 9.92. The number of aryl methyl sites for hydroxylation is 1. The number of carbonyl (C=O) groups excluding carboxylic acids is 3. The molecule has 0 spiro atoms. The number of nitrogens with zero attached hydrogens (tertiary/aromatic N) is 1. The monoisotopic (exact) mass is 459 g/mol. The minimum atomic E-state index is -1.32. The number of rotatable bonds is 6. The highest BCUT2D eigenvalue weighted by molar-refractivity contribution is 6.42. The Labute approximate surface area is 190 Å². The number of urea groups is 1. The Morgan fingerprint density at radius 3 is 2.45 bits per heavy atom. The van der Waals surface area contributed by atoms with Gasteiger partial charge in [0.1, 0.15) is 12.1 Å². The van der Waals surface area contributed by atoms with E-state index in [0.29, 0.717) is 16.5 Å². The highest BCUT2D eigenvalue weighted by Gasteiger charge is 2.49. The van der Waals surface area contributed by atoms with E-state index in [1.165, 1.54) is 0 Å². The summed E-state index contributed by atoms with van der Waals surface area (Å²) in [5.41, 5.74) is 1.35. The van der Waals surface area contributed by atoms with Crippen LogP contribution in [0.25, 0.3) is 0 Å². The van der Waals surface area contributed by atoms with E-state index in [-0.39, 0.29) is 23.5 Å². The van der Waals surface area contributed by atoms with Gasteiger partial charge in [-0.05, 0) is 55.9 Å². The molecule has 2 atom stereocenters. The van der Waals surface area contributed by atoms with E-state index < -0.39 is 17.5 Å². The average Bonchev–Trinajstić information content (AvgIpc) is 3.54. The summed E-state index contributed by atoms with van der Waals surface area (Å²) in [6.07, 6.45) is 2.08. The first-order valence-corrected chi connectivity index (χ1v) is 10.9. The van der Waals surface area contributed by atoms with Crippen LogP contribution in [0.1, 0.15) is 42.5 Å². The van der Waals surface area contributed by atoms with E-state index in [1.54, 1.807) is 25.1 Å². The molecule has 31 heavy (non-hydrogen) atoms. The largest absolute Gasteiger partial charge is 0.347 e. The number of carbonyl (C=O) groups is 3. The summed E-state index contributed by atoms with van der Waals surface area (Å²) in [5, 5.41) is 6.33. The maximum Gasteiger partial charge on any atom is 0.325 e. The zero-order chi connectivity index (χ0) is 22.3. The summed E-state index contributed by atoms with van der Waals surface area (Å²) >= 11 is 12.1. The molecule has 0 bridgehead atoms. The van der Waals surface area contributed by atoms with E-state index in [0.717, 1.165) is 28.9 Å². The van der Waals surface area contributed by atoms with Gasteiger partial charge in [-0.2, -0.15) is 0 Å². The normalized spacial score (nSPS) is 21.7. The second-order valence-electron chi connectivity index (χ2n) is 8.37. The molecule has 1 aliphatic carbocycles. The van der Waals surface area contributed by atoms with Crippen molar-refractivity contribution in [2.75, 3.05) is 6.54 Å². The van der Waals surface area contributed by atoms with Gasteiger partial charge in [0, 0.05) is 0 Å². The smallest absolute Gasteiger partial charge is 0.325 e. The minimum Gasteiger partial charge on any atom is -0.347 e. The van der Waals surface area contributed by atoms with Gasteiger partial charge in [0.2, 0.25) is 5.91 Å². The average molecular weight is 460 g/mol. The predicted molar refractivity (Wildman–Crippen MR) is 119 cm³/mol. The van der Waals surface area contributed by atoms with Crippen LogP contribution in [0.15, 0.2) is 42.5 Å². The van der Waals surface area contributed by atoms with Gasteiger partial charge in [-0.3, -0.25) is 14.5 Å². The maximum absolute atomic E-state index is 13.1. The molecular formula is C23H23Cl2N3O3. The van der Waals surface area contributed by atoms with Crippen LogP contribution >= 0.6 is 23.2 Å². The van der Waals surface area contributed by atoms with Crippen LogP contribution in [0.4, 0.5) is 4.79 Å². The molecule has 0 radical (unpaired) electrons. The standard InChI is InChI=1S/C23H23Cl2N3O3/c1-13-3-5-14(6-4-13)20(15-7-8-15)26-19(29)12-28-21(30)23(2,27-22(28)31)16-9-10-17(24)18(25)11-16/h3-6,9-11,15,20H,7-8,12H2,1-2H3,(H,26,29)(H,27,31). The van der Waals surface area contributed by atoms with Gasteiger partial charge in [0.15, 0.2) is 0 Å². The van der Waals surface area contributed by atoms with Crippen molar-refractivity contribution < 1.29 is 14.4 Å². The molecule has 1 saturated heterocycles. The zero-order valence-corrected chi connectivity index (χ0v) is 18.8. The molecule has 2 aliphatic rings. The third kappa shape index (κ3) is 4.27. The summed E-state index contributed by atoms with van der Waals surface area (Å²) < 4.78 is 0. The lowest BCUT2D eigenvalue weighted by Gasteiger charge is -2.23. The van der Waals surface area contributed by atoms with E-state index in [9.17, 15) is 14.4 Å². The molecule has 8 heteroatoms. The highest BCUT2D eigenvalue weighted by Crippen LogP contribution is 2.41. The van der Waals surface area contributed by atoms with Crippen LogP contribution in [-0.4, -0.2) is 29.3 Å². The van der Waals surface area contributed by atoms with Crippen LogP contribution in [0.5, 0.6) is 0 Å². The summed E-state index contributed by atoms with van der Waals surface area (Å²) in [5.74, 6) is -0.514. The quantitative estimate of drug-likeness (QED) is 0.630. The molecule has 6 nitrogen and oxygen atoms in total. The van der Waals surface area contributed by atoms with E-state index in [4.69, 9.17) is 23.2 Å². The molecule has 2 aromatic rings. The van der Waals surface area contributed by atoms with E-state index in [2.05, 4.69) is 10.6 Å². The van der Waals surface area contributed by atoms with E-state index >= 15 is 0 Å².